The van der Waals surface area contributed by atoms with Crippen molar-refractivity contribution in [2.75, 3.05) is 31.9 Å². The van der Waals surface area contributed by atoms with E-state index < -0.39 is 13.3 Å². The van der Waals surface area contributed by atoms with Gasteiger partial charge in [0.05, 0.1) is 19.5 Å². The molecule has 2 rings (SSSR count). The van der Waals surface area contributed by atoms with Gasteiger partial charge in [-0.1, -0.05) is 0 Å². The Hall–Kier alpha value is -2.03. The summed E-state index contributed by atoms with van der Waals surface area (Å²) in [6.45, 7) is 1.81. The van der Waals surface area contributed by atoms with Crippen molar-refractivity contribution in [1.29, 1.82) is 0 Å². The number of nitrogens with two attached hydrogens (primary N) is 1. The van der Waals surface area contributed by atoms with Crippen LogP contribution in [0.5, 0.6) is 0 Å². The van der Waals surface area contributed by atoms with Crippen LogP contribution in [0.4, 0.5) is 5.82 Å². The third-order valence-corrected chi connectivity index (χ3v) is 4.31. The van der Waals surface area contributed by atoms with Crippen molar-refractivity contribution in [3.05, 3.63) is 12.7 Å². The van der Waals surface area contributed by atoms with Gasteiger partial charge in [-0.3, -0.25) is 9.88 Å². The predicted octanol–water partition coefficient (Wildman–Crippen LogP) is -0.0353. The largest absolute Gasteiger partial charge is 0.480 e. The highest BCUT2D eigenvalue weighted by Gasteiger charge is 2.16. The molecule has 0 bridgehead atoms. The molecule has 0 radical (unpaired) electrons. The fourth-order valence-electron chi connectivity index (χ4n) is 1.74. The fourth-order valence-corrected chi connectivity index (χ4v) is 2.78. The zero-order valence-electron chi connectivity index (χ0n) is 12.0. The maximum Gasteiger partial charge on any atom is 0.317 e. The minimum atomic E-state index is -2.83. The average molecular weight is 328 g/mol. The molecular weight excluding hydrogens is 311 g/mol. The smallest absolute Gasteiger partial charge is 0.317 e. The van der Waals surface area contributed by atoms with Crippen LogP contribution >= 0.6 is 7.29 Å². The van der Waals surface area contributed by atoms with Gasteiger partial charge in [-0.2, -0.15) is 0 Å². The Morgan fingerprint density at radius 3 is 3.00 bits per heavy atom. The van der Waals surface area contributed by atoms with Gasteiger partial charge in [-0.25, -0.2) is 15.0 Å². The molecule has 2 aromatic heterocycles. The lowest BCUT2D eigenvalue weighted by molar-refractivity contribution is -0.135. The van der Waals surface area contributed by atoms with E-state index in [9.17, 15) is 9.36 Å². The number of fused-ring (bicyclic) bond motifs is 1. The van der Waals surface area contributed by atoms with Gasteiger partial charge in [-0.05, 0) is 0 Å². The molecule has 11 heteroatoms. The van der Waals surface area contributed by atoms with Crippen LogP contribution in [0.15, 0.2) is 12.7 Å². The molecule has 0 spiro atoms. The number of ether oxygens (including phenoxy) is 1. The summed E-state index contributed by atoms with van der Waals surface area (Å²) < 4.78 is 19.1. The lowest BCUT2D eigenvalue weighted by atomic mass is 10.5. The molecular formula is C11H17N6O4P. The molecule has 0 aliphatic carbocycles. The number of hydrogen-bond donors (Lipinski definition) is 3. The molecule has 22 heavy (non-hydrogen) atoms. The number of carbonyl (C=O) groups is 1. The van der Waals surface area contributed by atoms with Crippen LogP contribution < -0.4 is 10.8 Å². The number of nitrogen functional groups attached to an aromatic ring is 1. The first-order valence-electron chi connectivity index (χ1n) is 6.41. The van der Waals surface area contributed by atoms with Crippen molar-refractivity contribution in [2.24, 2.45) is 0 Å². The third-order valence-electron chi connectivity index (χ3n) is 2.81. The van der Waals surface area contributed by atoms with Gasteiger partial charge < -0.3 is 24.7 Å². The Labute approximate surface area is 126 Å². The van der Waals surface area contributed by atoms with E-state index in [1.807, 2.05) is 0 Å². The minimum absolute atomic E-state index is 0.0516. The number of imidazole rings is 1. The van der Waals surface area contributed by atoms with E-state index in [0.29, 0.717) is 23.5 Å². The molecule has 1 atom stereocenters. The number of aromatic nitrogens is 4. The third kappa shape index (κ3) is 4.23. The van der Waals surface area contributed by atoms with Crippen molar-refractivity contribution in [3.8, 4) is 0 Å². The second-order valence-corrected chi connectivity index (χ2v) is 7.51. The minimum Gasteiger partial charge on any atom is -0.480 e. The van der Waals surface area contributed by atoms with Crippen molar-refractivity contribution in [1.82, 2.24) is 24.6 Å². The van der Waals surface area contributed by atoms with Crippen molar-refractivity contribution in [2.45, 2.75) is 6.54 Å². The second kappa shape index (κ2) is 6.82. The highest BCUT2D eigenvalue weighted by molar-refractivity contribution is 7.60. The normalized spacial score (nSPS) is 14.0. The van der Waals surface area contributed by atoms with Crippen LogP contribution in [0, 0.1) is 0 Å². The van der Waals surface area contributed by atoms with E-state index in [0.717, 1.165) is 0 Å². The monoisotopic (exact) mass is 328 g/mol. The van der Waals surface area contributed by atoms with Crippen LogP contribution in [-0.2, 0) is 20.6 Å². The summed E-state index contributed by atoms with van der Waals surface area (Å²) in [5.74, 6) is -0.759. The van der Waals surface area contributed by atoms with Crippen LogP contribution in [0.3, 0.4) is 0 Å². The van der Waals surface area contributed by atoms with E-state index in [-0.39, 0.29) is 19.5 Å². The molecule has 0 amide bonds. The van der Waals surface area contributed by atoms with Crippen LogP contribution in [0.1, 0.15) is 0 Å². The van der Waals surface area contributed by atoms with Gasteiger partial charge in [0.25, 0.3) is 0 Å². The fraction of sp³-hybridized carbons (Fsp3) is 0.455. The Morgan fingerprint density at radius 1 is 1.50 bits per heavy atom. The standard InChI is InChI=1S/C11H17N6O4P/c1-22(20,16-4-8(18)19)7-21-3-2-17-6-15-9-10(12)13-5-14-11(9)17/h5-6H,2-4,7H2,1H3,(H,16,20)(H,18,19)(H2,12,13,14). The molecule has 10 nitrogen and oxygen atoms in total. The molecule has 120 valence electrons. The van der Waals surface area contributed by atoms with Gasteiger partial charge in [0.15, 0.2) is 18.8 Å². The first kappa shape index (κ1) is 16.3. The van der Waals surface area contributed by atoms with Crippen molar-refractivity contribution < 1.29 is 19.2 Å². The summed E-state index contributed by atoms with van der Waals surface area (Å²) >= 11 is 0. The number of anilines is 1. The van der Waals surface area contributed by atoms with Crippen LogP contribution in [0.2, 0.25) is 0 Å². The first-order chi connectivity index (χ1) is 10.4. The molecule has 0 aromatic carbocycles. The Morgan fingerprint density at radius 2 is 2.27 bits per heavy atom. The summed E-state index contributed by atoms with van der Waals surface area (Å²) in [6, 6.07) is 0. The SMILES string of the molecule is CP(=O)(COCCn1cnc2c(N)ncnc21)NCC(=O)O. The van der Waals surface area contributed by atoms with E-state index in [4.69, 9.17) is 15.6 Å². The van der Waals surface area contributed by atoms with Crippen LogP contribution in [0.25, 0.3) is 11.2 Å². The maximum absolute atomic E-state index is 12.0. The lowest BCUT2D eigenvalue weighted by Crippen LogP contribution is -2.21. The quantitative estimate of drug-likeness (QED) is 0.449. The molecule has 0 saturated heterocycles. The summed E-state index contributed by atoms with van der Waals surface area (Å²) in [5.41, 5.74) is 6.81. The number of aliphatic carboxylic acids is 1. The van der Waals surface area contributed by atoms with Crippen LogP contribution in [-0.4, -0.2) is 56.8 Å². The number of hydrogen-bond acceptors (Lipinski definition) is 7. The Bertz CT molecular complexity index is 718. The van der Waals surface area contributed by atoms with Crippen molar-refractivity contribution >= 4 is 30.2 Å². The van der Waals surface area contributed by atoms with Gasteiger partial charge in [0, 0.05) is 13.2 Å². The molecule has 0 aliphatic rings. The lowest BCUT2D eigenvalue weighted by Gasteiger charge is -2.14. The van der Waals surface area contributed by atoms with Gasteiger partial charge in [0.2, 0.25) is 0 Å². The molecule has 0 saturated carbocycles. The number of rotatable bonds is 8. The number of nitrogens with zero attached hydrogens (tertiary/aromatic N) is 4. The van der Waals surface area contributed by atoms with Gasteiger partial charge >= 0.3 is 5.97 Å². The highest BCUT2D eigenvalue weighted by Crippen LogP contribution is 2.35. The Balaban J connectivity index is 1.84. The highest BCUT2D eigenvalue weighted by atomic mass is 31.2. The molecule has 0 fully saturated rings. The summed E-state index contributed by atoms with van der Waals surface area (Å²) in [5, 5.41) is 11.0. The summed E-state index contributed by atoms with van der Waals surface area (Å²) in [7, 11) is -2.83. The zero-order valence-corrected chi connectivity index (χ0v) is 12.9. The molecule has 2 heterocycles. The molecule has 0 aliphatic heterocycles. The number of nitrogens with one attached hydrogen (secondary N) is 1. The first-order valence-corrected chi connectivity index (χ1v) is 8.75. The van der Waals surface area contributed by atoms with E-state index in [1.165, 1.54) is 13.0 Å². The van der Waals surface area contributed by atoms with E-state index >= 15 is 0 Å². The second-order valence-electron chi connectivity index (χ2n) is 4.74. The zero-order chi connectivity index (χ0) is 16.2. The number of carboxylic acid groups (broad SMARTS) is 1. The number of carboxylic acids is 1. The van der Waals surface area contributed by atoms with Crippen molar-refractivity contribution in [3.63, 3.8) is 0 Å². The van der Waals surface area contributed by atoms with Gasteiger partial charge in [-0.15, -0.1) is 0 Å². The molecule has 1 unspecified atom stereocenters. The van der Waals surface area contributed by atoms with E-state index in [2.05, 4.69) is 20.0 Å². The predicted molar refractivity (Wildman–Crippen MR) is 79.7 cm³/mol. The molecule has 2 aromatic rings. The van der Waals surface area contributed by atoms with Gasteiger partial charge in [0.1, 0.15) is 18.2 Å². The van der Waals surface area contributed by atoms with E-state index in [1.54, 1.807) is 10.9 Å². The Kier molecular flexibility index (Phi) is 5.07. The average Bonchev–Trinajstić information content (AvgIpc) is 2.86. The maximum atomic E-state index is 12.0. The topological polar surface area (TPSA) is 145 Å². The summed E-state index contributed by atoms with van der Waals surface area (Å²) in [6.07, 6.45) is 2.88. The summed E-state index contributed by atoms with van der Waals surface area (Å²) in [4.78, 5) is 22.5. The molecule has 4 N–H and O–H groups in total.